The summed E-state index contributed by atoms with van der Waals surface area (Å²) in [6, 6.07) is 15.8. The highest BCUT2D eigenvalue weighted by atomic mass is 19.3. The maximum Gasteiger partial charge on any atom is 0.341 e. The average molecular weight is 476 g/mol. The highest BCUT2D eigenvalue weighted by molar-refractivity contribution is 5.96. The number of hydrogen-bond acceptors (Lipinski definition) is 5. The van der Waals surface area contributed by atoms with Crippen molar-refractivity contribution in [1.29, 1.82) is 0 Å². The van der Waals surface area contributed by atoms with Gasteiger partial charge >= 0.3 is 5.97 Å². The van der Waals surface area contributed by atoms with Crippen molar-refractivity contribution >= 4 is 28.5 Å². The number of H-pyrrole nitrogens is 1. The minimum atomic E-state index is -2.25. The number of carboxylic acids is 1. The molecular weight excluding hydrogens is 454 g/mol. The van der Waals surface area contributed by atoms with Crippen molar-refractivity contribution in [3.63, 3.8) is 0 Å². The Hall–Kier alpha value is -4.34. The third-order valence-corrected chi connectivity index (χ3v) is 5.69. The molecule has 4 heterocycles. The molecule has 6 rings (SSSR count). The molecule has 0 atom stereocenters. The lowest BCUT2D eigenvalue weighted by molar-refractivity contribution is 0.0698. The van der Waals surface area contributed by atoms with Crippen LogP contribution in [0.4, 0.5) is 14.6 Å². The van der Waals surface area contributed by atoms with Crippen molar-refractivity contribution in [2.24, 2.45) is 0 Å². The Kier molecular flexibility index (Phi) is 5.64. The van der Waals surface area contributed by atoms with Gasteiger partial charge in [0, 0.05) is 55.8 Å². The van der Waals surface area contributed by atoms with Crippen molar-refractivity contribution in [2.45, 2.75) is 25.3 Å². The van der Waals surface area contributed by atoms with Gasteiger partial charge in [-0.05, 0) is 17.7 Å². The number of pyridine rings is 1. The van der Waals surface area contributed by atoms with Crippen LogP contribution < -0.4 is 4.90 Å². The number of carbonyl (C=O) groups is 1. The third kappa shape index (κ3) is 4.68. The van der Waals surface area contributed by atoms with Crippen molar-refractivity contribution in [1.82, 2.24) is 24.6 Å². The van der Waals surface area contributed by atoms with E-state index in [9.17, 15) is 18.7 Å². The van der Waals surface area contributed by atoms with E-state index in [1.807, 2.05) is 66.7 Å². The quantitative estimate of drug-likeness (QED) is 0.369. The van der Waals surface area contributed by atoms with E-state index in [-0.39, 0.29) is 18.4 Å². The van der Waals surface area contributed by atoms with Gasteiger partial charge in [0.05, 0.1) is 11.9 Å². The molecule has 0 aliphatic heterocycles. The van der Waals surface area contributed by atoms with Gasteiger partial charge in [0.25, 0.3) is 0 Å². The van der Waals surface area contributed by atoms with Gasteiger partial charge in [-0.15, -0.1) is 0 Å². The molecule has 4 aromatic heterocycles. The van der Waals surface area contributed by atoms with Gasteiger partial charge in [0.1, 0.15) is 17.0 Å². The number of fused-ring (bicyclic) bond motifs is 2. The molecule has 8 nitrogen and oxygen atoms in total. The number of nitrogens with one attached hydrogen (secondary N) is 1. The van der Waals surface area contributed by atoms with E-state index in [0.29, 0.717) is 17.9 Å². The van der Waals surface area contributed by atoms with Crippen LogP contribution >= 0.6 is 0 Å². The highest BCUT2D eigenvalue weighted by Crippen LogP contribution is 2.40. The van der Waals surface area contributed by atoms with E-state index in [1.165, 1.54) is 6.20 Å². The highest BCUT2D eigenvalue weighted by Gasteiger charge is 2.43. The van der Waals surface area contributed by atoms with Crippen LogP contribution in [-0.2, 0) is 6.54 Å². The number of benzene rings is 1. The van der Waals surface area contributed by atoms with Crippen LogP contribution in [0.2, 0.25) is 0 Å². The summed E-state index contributed by atoms with van der Waals surface area (Å²) in [5.74, 6) is -2.57. The maximum atomic E-state index is 11.7. The number of carboxylic acid groups (broad SMARTS) is 1. The van der Waals surface area contributed by atoms with Gasteiger partial charge < -0.3 is 15.0 Å². The van der Waals surface area contributed by atoms with E-state index in [1.54, 1.807) is 10.7 Å². The molecule has 0 unspecified atom stereocenters. The average Bonchev–Trinajstić information content (AvgIpc) is 3.24. The molecule has 10 heteroatoms. The topological polar surface area (TPSA) is 99.4 Å². The number of aromatic carboxylic acids is 1. The van der Waals surface area contributed by atoms with Crippen molar-refractivity contribution in [3.05, 3.63) is 78.2 Å². The van der Waals surface area contributed by atoms with Crippen molar-refractivity contribution in [3.8, 4) is 11.3 Å². The lowest BCUT2D eigenvalue weighted by Crippen LogP contribution is -2.20. The molecule has 5 aromatic rings. The number of aromatic amines is 1. The van der Waals surface area contributed by atoms with Crippen LogP contribution in [0.1, 0.15) is 28.8 Å². The van der Waals surface area contributed by atoms with E-state index < -0.39 is 11.9 Å². The summed E-state index contributed by atoms with van der Waals surface area (Å²) in [5, 5.41) is 14.8. The lowest BCUT2D eigenvalue weighted by Gasteiger charge is -2.21. The summed E-state index contributed by atoms with van der Waals surface area (Å²) >= 11 is 0. The smallest absolute Gasteiger partial charge is 0.341 e. The number of anilines is 1. The fourth-order valence-electron chi connectivity index (χ4n) is 3.71. The Morgan fingerprint density at radius 1 is 1.20 bits per heavy atom. The maximum absolute atomic E-state index is 11.7. The largest absolute Gasteiger partial charge is 0.477 e. The van der Waals surface area contributed by atoms with Crippen LogP contribution in [-0.4, -0.2) is 48.6 Å². The molecule has 1 aliphatic carbocycles. The third-order valence-electron chi connectivity index (χ3n) is 5.69. The molecule has 0 spiro atoms. The summed E-state index contributed by atoms with van der Waals surface area (Å²) in [5.41, 5.74) is 3.75. The summed E-state index contributed by atoms with van der Waals surface area (Å²) < 4.78 is 23.8. The summed E-state index contributed by atoms with van der Waals surface area (Å²) in [6.45, 7) is 0.636. The summed E-state index contributed by atoms with van der Waals surface area (Å²) in [4.78, 5) is 25.9. The van der Waals surface area contributed by atoms with Crippen molar-refractivity contribution in [2.75, 3.05) is 11.9 Å². The molecular formula is C25H22F2N6O2. The lowest BCUT2D eigenvalue weighted by atomic mass is 10.1. The van der Waals surface area contributed by atoms with Crippen LogP contribution in [0.25, 0.3) is 27.9 Å². The van der Waals surface area contributed by atoms with Crippen LogP contribution in [0.15, 0.2) is 67.1 Å². The van der Waals surface area contributed by atoms with E-state index >= 15 is 0 Å². The Balaban J connectivity index is 0.000000453. The van der Waals surface area contributed by atoms with Gasteiger partial charge in [0.15, 0.2) is 5.65 Å². The van der Waals surface area contributed by atoms with Crippen LogP contribution in [0.5, 0.6) is 0 Å². The minimum Gasteiger partial charge on any atom is -0.477 e. The second-order valence-corrected chi connectivity index (χ2v) is 8.40. The Bertz CT molecular complexity index is 1510. The monoisotopic (exact) mass is 476 g/mol. The van der Waals surface area contributed by atoms with Gasteiger partial charge in [-0.1, -0.05) is 30.3 Å². The first-order valence-electron chi connectivity index (χ1n) is 11.0. The van der Waals surface area contributed by atoms with E-state index in [4.69, 9.17) is 0 Å². The molecule has 35 heavy (non-hydrogen) atoms. The zero-order chi connectivity index (χ0) is 24.6. The molecule has 1 aromatic carbocycles. The van der Waals surface area contributed by atoms with Crippen LogP contribution in [0.3, 0.4) is 0 Å². The predicted octanol–water partition coefficient (Wildman–Crippen LogP) is 5.02. The summed E-state index contributed by atoms with van der Waals surface area (Å²) in [6.07, 6.45) is 5.14. The molecule has 178 valence electrons. The van der Waals surface area contributed by atoms with Gasteiger partial charge in [0.2, 0.25) is 5.92 Å². The number of nitrogens with zero attached hydrogens (tertiary/aromatic N) is 5. The molecule has 1 fully saturated rings. The Morgan fingerprint density at radius 3 is 2.63 bits per heavy atom. The number of hydrogen-bond donors (Lipinski definition) is 2. The standard InChI is InChI=1S/C22H18N6O2.C3H4F2/c1-27(13-14-6-3-2-4-7-14)19-10-18(16-11-24-20-15(16)8-5-9-23-20)26-21-17(22(29)30)12-25-28(19)21;4-3(5)1-2-3/h2-12H,13H2,1H3,(H,23,24)(H,29,30);1-2H2. The SMILES string of the molecule is CN(Cc1ccccc1)c1cc(-c2c[nH]c3ncccc23)nc2c(C(=O)O)cnn12.FC1(F)CC1. The van der Waals surface area contributed by atoms with Gasteiger partial charge in [-0.25, -0.2) is 23.5 Å². The van der Waals surface area contributed by atoms with Crippen LogP contribution in [0, 0.1) is 0 Å². The number of rotatable bonds is 5. The molecule has 0 saturated heterocycles. The first kappa shape index (κ1) is 22.5. The second-order valence-electron chi connectivity index (χ2n) is 8.40. The molecule has 1 saturated carbocycles. The zero-order valence-electron chi connectivity index (χ0n) is 18.8. The molecule has 0 bridgehead atoms. The minimum absolute atomic E-state index is 0.0594. The number of alkyl halides is 2. The van der Waals surface area contributed by atoms with Crippen molar-refractivity contribution < 1.29 is 18.7 Å². The second kappa shape index (κ2) is 8.79. The summed E-state index contributed by atoms with van der Waals surface area (Å²) in [7, 11) is 1.95. The molecule has 2 N–H and O–H groups in total. The molecule has 0 amide bonds. The molecule has 0 radical (unpaired) electrons. The van der Waals surface area contributed by atoms with Gasteiger partial charge in [-0.2, -0.15) is 9.61 Å². The Labute approximate surface area is 198 Å². The van der Waals surface area contributed by atoms with Gasteiger partial charge in [-0.3, -0.25) is 0 Å². The number of halogens is 2. The predicted molar refractivity (Wildman–Crippen MR) is 128 cm³/mol. The Morgan fingerprint density at radius 2 is 1.94 bits per heavy atom. The normalized spacial score (nSPS) is 13.9. The zero-order valence-corrected chi connectivity index (χ0v) is 18.8. The first-order valence-corrected chi connectivity index (χ1v) is 11.0. The fraction of sp³-hybridized carbons (Fsp3) is 0.200. The molecule has 1 aliphatic rings. The number of aromatic nitrogens is 5. The fourth-order valence-corrected chi connectivity index (χ4v) is 3.71. The van der Waals surface area contributed by atoms with E-state index in [2.05, 4.69) is 20.1 Å². The first-order chi connectivity index (χ1) is 16.8. The van der Waals surface area contributed by atoms with E-state index in [0.717, 1.165) is 28.0 Å².